The van der Waals surface area contributed by atoms with E-state index in [0.717, 1.165) is 45.3 Å². The van der Waals surface area contributed by atoms with Crippen molar-refractivity contribution < 1.29 is 19.0 Å². The Kier molecular flexibility index (Phi) is 6.53. The van der Waals surface area contributed by atoms with Gasteiger partial charge in [-0.2, -0.15) is 15.0 Å². The number of phenolic OH excluding ortho intramolecular Hbond substituents is 1. The second-order valence-electron chi connectivity index (χ2n) is 12.1. The van der Waals surface area contributed by atoms with Crippen molar-refractivity contribution in [3.05, 3.63) is 34.9 Å². The number of nitrogens with zero attached hydrogens (tertiary/aromatic N) is 5. The molecule has 4 aliphatic heterocycles. The third-order valence-electron chi connectivity index (χ3n) is 9.30. The number of nitrogens with one attached hydrogen (secondary N) is 1. The van der Waals surface area contributed by atoms with Gasteiger partial charge in [-0.25, -0.2) is 4.39 Å². The fourth-order valence-electron chi connectivity index (χ4n) is 7.42. The molecule has 0 aliphatic carbocycles. The summed E-state index contributed by atoms with van der Waals surface area (Å²) in [4.78, 5) is 19.6. The Balaban J connectivity index is 1.18. The number of ether oxygens (including phenoxy) is 2. The first kappa shape index (κ1) is 27.1. The normalized spacial score (nSPS) is 26.7. The van der Waals surface area contributed by atoms with Gasteiger partial charge in [-0.05, 0) is 49.7 Å². The number of alkyl halides is 1. The molecular weight excluding hydrogens is 591 g/mol. The zero-order chi connectivity index (χ0) is 29.3. The molecule has 4 fully saturated rings. The van der Waals surface area contributed by atoms with E-state index in [0.29, 0.717) is 80.1 Å². The smallest absolute Gasteiger partial charge is 0.319 e. The van der Waals surface area contributed by atoms with Crippen LogP contribution < -0.4 is 19.7 Å². The standard InChI is InChI=1S/C31H30ClFN6O3S/c1-2-22-23(32)7-4-17-10-21(40)11-24(25(17)22)42-30-35-26-27(38-14-19-5-6-20(15-38)34-19)36-29(37-28(26)43-30)41-16-31-8-3-9-39(31)13-18(33)12-31/h1,4,7,10-11,18-20,34,40H,3,5-6,8-9,12-16H2/t18?,19?,20?,31-/m0/s1. The predicted molar refractivity (Wildman–Crippen MR) is 165 cm³/mol. The van der Waals surface area contributed by atoms with Crippen LogP contribution in [0.25, 0.3) is 21.1 Å². The number of hydrogen-bond donors (Lipinski definition) is 2. The van der Waals surface area contributed by atoms with E-state index in [2.05, 4.69) is 21.0 Å². The van der Waals surface area contributed by atoms with Gasteiger partial charge in [-0.15, -0.1) is 6.42 Å². The van der Waals surface area contributed by atoms with Crippen LogP contribution in [0.3, 0.4) is 0 Å². The molecule has 4 atom stereocenters. The van der Waals surface area contributed by atoms with Crippen LogP contribution in [-0.4, -0.2) is 81.5 Å². The predicted octanol–water partition coefficient (Wildman–Crippen LogP) is 5.27. The fourth-order valence-corrected chi connectivity index (χ4v) is 8.42. The summed E-state index contributed by atoms with van der Waals surface area (Å²) in [7, 11) is 0. The first-order valence-electron chi connectivity index (χ1n) is 14.7. The van der Waals surface area contributed by atoms with Crippen LogP contribution >= 0.6 is 22.9 Å². The minimum atomic E-state index is -0.834. The first-order valence-corrected chi connectivity index (χ1v) is 15.9. The monoisotopic (exact) mass is 620 g/mol. The number of benzene rings is 2. The van der Waals surface area contributed by atoms with Crippen LogP contribution in [-0.2, 0) is 0 Å². The average Bonchev–Trinajstić information content (AvgIpc) is 3.73. The summed E-state index contributed by atoms with van der Waals surface area (Å²) in [5.41, 5.74) is 0.796. The molecule has 4 aromatic rings. The maximum absolute atomic E-state index is 14.4. The van der Waals surface area contributed by atoms with Crippen molar-refractivity contribution in [2.24, 2.45) is 0 Å². The van der Waals surface area contributed by atoms with E-state index < -0.39 is 6.17 Å². The Morgan fingerprint density at radius 2 is 2.02 bits per heavy atom. The maximum Gasteiger partial charge on any atom is 0.319 e. The van der Waals surface area contributed by atoms with Crippen molar-refractivity contribution >= 4 is 49.9 Å². The molecule has 2 bridgehead atoms. The molecular formula is C31H30ClFN6O3S. The molecule has 222 valence electrons. The summed E-state index contributed by atoms with van der Waals surface area (Å²) in [5.74, 6) is 3.73. The van der Waals surface area contributed by atoms with E-state index in [1.54, 1.807) is 18.2 Å². The quantitative estimate of drug-likeness (QED) is 0.280. The number of aromatic hydroxyl groups is 1. The van der Waals surface area contributed by atoms with E-state index in [9.17, 15) is 9.50 Å². The molecule has 4 aliphatic rings. The lowest BCUT2D eigenvalue weighted by molar-refractivity contribution is 0.107. The summed E-state index contributed by atoms with van der Waals surface area (Å²) in [6, 6.07) is 7.65. The lowest BCUT2D eigenvalue weighted by Crippen LogP contribution is -2.51. The van der Waals surface area contributed by atoms with Crippen LogP contribution in [0.2, 0.25) is 5.02 Å². The van der Waals surface area contributed by atoms with Gasteiger partial charge in [0, 0.05) is 49.6 Å². The number of halogens is 2. The summed E-state index contributed by atoms with van der Waals surface area (Å²) in [6.45, 7) is 3.31. The van der Waals surface area contributed by atoms with Gasteiger partial charge in [0.1, 0.15) is 29.8 Å². The van der Waals surface area contributed by atoms with Gasteiger partial charge < -0.3 is 24.8 Å². The SMILES string of the molecule is C#Cc1c(Cl)ccc2cc(O)cc(Oc3nc4c(N5CC6CCC(C5)N6)nc(OC[C@@]56CCCN5CC(F)C6)nc4s3)c12. The molecule has 2 aromatic heterocycles. The van der Waals surface area contributed by atoms with Crippen LogP contribution in [0.5, 0.6) is 22.7 Å². The van der Waals surface area contributed by atoms with E-state index in [-0.39, 0.29) is 17.3 Å². The second kappa shape index (κ2) is 10.3. The minimum Gasteiger partial charge on any atom is -0.508 e. The van der Waals surface area contributed by atoms with Gasteiger partial charge in [0.15, 0.2) is 10.6 Å². The lowest BCUT2D eigenvalue weighted by atomic mass is 9.95. The van der Waals surface area contributed by atoms with Gasteiger partial charge in [-0.1, -0.05) is 34.9 Å². The number of piperazine rings is 1. The number of phenols is 1. The summed E-state index contributed by atoms with van der Waals surface area (Å²) in [5, 5.41) is 16.2. The Hall–Kier alpha value is -3.43. The van der Waals surface area contributed by atoms with Gasteiger partial charge in [0.05, 0.1) is 16.1 Å². The number of aromatic nitrogens is 3. The Morgan fingerprint density at radius 3 is 2.84 bits per heavy atom. The summed E-state index contributed by atoms with van der Waals surface area (Å²) in [6.07, 6.45) is 9.64. The molecule has 0 saturated carbocycles. The molecule has 2 aromatic carbocycles. The van der Waals surface area contributed by atoms with E-state index in [1.807, 2.05) is 0 Å². The number of terminal acetylenes is 1. The van der Waals surface area contributed by atoms with Crippen molar-refractivity contribution in [2.45, 2.75) is 55.9 Å². The third-order valence-corrected chi connectivity index (χ3v) is 10.4. The zero-order valence-electron chi connectivity index (χ0n) is 23.4. The molecule has 6 heterocycles. The highest BCUT2D eigenvalue weighted by Crippen LogP contribution is 2.43. The molecule has 0 amide bonds. The molecule has 9 nitrogen and oxygen atoms in total. The Labute approximate surface area is 257 Å². The van der Waals surface area contributed by atoms with Gasteiger partial charge in [-0.3, -0.25) is 4.90 Å². The van der Waals surface area contributed by atoms with E-state index >= 15 is 0 Å². The highest BCUT2D eigenvalue weighted by Gasteiger charge is 2.49. The first-order chi connectivity index (χ1) is 20.9. The van der Waals surface area contributed by atoms with Crippen LogP contribution in [0.15, 0.2) is 24.3 Å². The minimum absolute atomic E-state index is 0.0316. The molecule has 12 heteroatoms. The van der Waals surface area contributed by atoms with Crippen molar-refractivity contribution in [1.29, 1.82) is 0 Å². The maximum atomic E-state index is 14.4. The van der Waals surface area contributed by atoms with Crippen molar-refractivity contribution in [3.63, 3.8) is 0 Å². The van der Waals surface area contributed by atoms with Gasteiger partial charge in [0.25, 0.3) is 5.19 Å². The topological polar surface area (TPSA) is 95.9 Å². The van der Waals surface area contributed by atoms with Crippen LogP contribution in [0, 0.1) is 12.3 Å². The molecule has 2 N–H and O–H groups in total. The molecule has 0 radical (unpaired) electrons. The van der Waals surface area contributed by atoms with Crippen LogP contribution in [0.1, 0.15) is 37.7 Å². The van der Waals surface area contributed by atoms with Crippen molar-refractivity contribution in [1.82, 2.24) is 25.2 Å². The number of thiazole rings is 1. The van der Waals surface area contributed by atoms with Crippen LogP contribution in [0.4, 0.5) is 10.2 Å². The van der Waals surface area contributed by atoms with Gasteiger partial charge >= 0.3 is 6.01 Å². The Morgan fingerprint density at radius 1 is 1.19 bits per heavy atom. The lowest BCUT2D eigenvalue weighted by Gasteiger charge is -2.34. The average molecular weight is 621 g/mol. The molecule has 3 unspecified atom stereocenters. The number of rotatable bonds is 6. The second-order valence-corrected chi connectivity index (χ2v) is 13.4. The van der Waals surface area contributed by atoms with E-state index in [1.165, 1.54) is 17.4 Å². The number of hydrogen-bond acceptors (Lipinski definition) is 10. The highest BCUT2D eigenvalue weighted by atomic mass is 35.5. The van der Waals surface area contributed by atoms with Crippen molar-refractivity contribution in [2.75, 3.05) is 37.7 Å². The molecule has 4 saturated heterocycles. The summed E-state index contributed by atoms with van der Waals surface area (Å²) >= 11 is 7.68. The molecule has 43 heavy (non-hydrogen) atoms. The highest BCUT2D eigenvalue weighted by molar-refractivity contribution is 7.19. The third kappa shape index (κ3) is 4.72. The summed E-state index contributed by atoms with van der Waals surface area (Å²) < 4.78 is 27.0. The molecule has 8 rings (SSSR count). The molecule has 0 spiro atoms. The van der Waals surface area contributed by atoms with E-state index in [4.69, 9.17) is 42.4 Å². The number of anilines is 1. The Bertz CT molecular complexity index is 1790. The largest absolute Gasteiger partial charge is 0.508 e. The number of fused-ring (bicyclic) bond motifs is 5. The zero-order valence-corrected chi connectivity index (χ0v) is 24.9. The van der Waals surface area contributed by atoms with Gasteiger partial charge in [0.2, 0.25) is 0 Å². The van der Waals surface area contributed by atoms with Crippen molar-refractivity contribution in [3.8, 4) is 35.0 Å². The fraction of sp³-hybridized carbons (Fsp3) is 0.452.